The van der Waals surface area contributed by atoms with E-state index in [2.05, 4.69) is 5.32 Å². The zero-order valence-corrected chi connectivity index (χ0v) is 9.97. The van der Waals surface area contributed by atoms with Crippen molar-refractivity contribution in [1.29, 1.82) is 0 Å². The highest BCUT2D eigenvalue weighted by atomic mass is 35.5. The third-order valence-electron chi connectivity index (χ3n) is 2.11. The molecule has 2 N–H and O–H groups in total. The SMILES string of the molecule is COc1cc(C)c(NC(=O)CCO)cc1Cl. The summed E-state index contributed by atoms with van der Waals surface area (Å²) in [6.45, 7) is 1.67. The number of nitrogens with one attached hydrogen (secondary N) is 1. The van der Waals surface area contributed by atoms with Crippen LogP contribution in [-0.4, -0.2) is 24.7 Å². The Labute approximate surface area is 99.2 Å². The van der Waals surface area contributed by atoms with Crippen LogP contribution in [0.3, 0.4) is 0 Å². The number of anilines is 1. The second-order valence-electron chi connectivity index (χ2n) is 3.32. The molecule has 88 valence electrons. The number of carbonyl (C=O) groups is 1. The Kier molecular flexibility index (Phi) is 4.58. The highest BCUT2D eigenvalue weighted by Crippen LogP contribution is 2.30. The molecule has 0 aliphatic heterocycles. The van der Waals surface area contributed by atoms with E-state index in [1.165, 1.54) is 7.11 Å². The predicted octanol–water partition coefficient (Wildman–Crippen LogP) is 1.98. The van der Waals surface area contributed by atoms with Gasteiger partial charge in [-0.2, -0.15) is 0 Å². The van der Waals surface area contributed by atoms with Crippen LogP contribution in [0.1, 0.15) is 12.0 Å². The van der Waals surface area contributed by atoms with Crippen LogP contribution in [0.5, 0.6) is 5.75 Å². The van der Waals surface area contributed by atoms with Crippen LogP contribution in [-0.2, 0) is 4.79 Å². The summed E-state index contributed by atoms with van der Waals surface area (Å²) >= 11 is 5.94. The van der Waals surface area contributed by atoms with Gasteiger partial charge >= 0.3 is 0 Å². The molecule has 0 saturated heterocycles. The van der Waals surface area contributed by atoms with E-state index in [0.717, 1.165) is 5.56 Å². The van der Waals surface area contributed by atoms with Crippen LogP contribution in [0.15, 0.2) is 12.1 Å². The lowest BCUT2D eigenvalue weighted by atomic mass is 10.2. The lowest BCUT2D eigenvalue weighted by Crippen LogP contribution is -2.13. The highest BCUT2D eigenvalue weighted by Gasteiger charge is 2.08. The number of benzene rings is 1. The summed E-state index contributed by atoms with van der Waals surface area (Å²) in [6.07, 6.45) is 0.0725. The standard InChI is InChI=1S/C11H14ClNO3/c1-7-5-10(16-2)8(12)6-9(7)13-11(15)3-4-14/h5-6,14H,3-4H2,1-2H3,(H,13,15). The zero-order valence-electron chi connectivity index (χ0n) is 9.21. The lowest BCUT2D eigenvalue weighted by Gasteiger charge is -2.11. The fraction of sp³-hybridized carbons (Fsp3) is 0.364. The van der Waals surface area contributed by atoms with Gasteiger partial charge in [0.1, 0.15) is 5.75 Å². The maximum absolute atomic E-state index is 11.3. The highest BCUT2D eigenvalue weighted by molar-refractivity contribution is 6.32. The number of carbonyl (C=O) groups excluding carboxylic acids is 1. The summed E-state index contributed by atoms with van der Waals surface area (Å²) < 4.78 is 5.05. The molecule has 1 aromatic carbocycles. The second-order valence-corrected chi connectivity index (χ2v) is 3.73. The van der Waals surface area contributed by atoms with E-state index in [4.69, 9.17) is 21.4 Å². The van der Waals surface area contributed by atoms with Gasteiger partial charge in [-0.15, -0.1) is 0 Å². The van der Waals surface area contributed by atoms with E-state index in [0.29, 0.717) is 16.5 Å². The molecule has 1 amide bonds. The molecular formula is C11H14ClNO3. The molecule has 0 radical (unpaired) electrons. The fourth-order valence-electron chi connectivity index (χ4n) is 1.26. The van der Waals surface area contributed by atoms with Crippen molar-refractivity contribution in [2.75, 3.05) is 19.0 Å². The van der Waals surface area contributed by atoms with Crippen LogP contribution in [0.2, 0.25) is 5.02 Å². The number of methoxy groups -OCH3 is 1. The van der Waals surface area contributed by atoms with Crippen LogP contribution >= 0.6 is 11.6 Å². The molecular weight excluding hydrogens is 230 g/mol. The molecule has 0 saturated carbocycles. The van der Waals surface area contributed by atoms with Gasteiger partial charge in [0.05, 0.1) is 25.2 Å². The van der Waals surface area contributed by atoms with Gasteiger partial charge in [-0.1, -0.05) is 11.6 Å². The molecule has 0 aliphatic carbocycles. The average molecular weight is 244 g/mol. The number of hydrogen-bond donors (Lipinski definition) is 2. The molecule has 0 fully saturated rings. The zero-order chi connectivity index (χ0) is 12.1. The van der Waals surface area contributed by atoms with E-state index >= 15 is 0 Å². The number of aliphatic hydroxyl groups is 1. The number of amides is 1. The van der Waals surface area contributed by atoms with E-state index in [1.54, 1.807) is 12.1 Å². The Hall–Kier alpha value is -1.26. The van der Waals surface area contributed by atoms with Crippen molar-refractivity contribution in [1.82, 2.24) is 0 Å². The number of rotatable bonds is 4. The molecule has 1 aromatic rings. The number of aryl methyl sites for hydroxylation is 1. The summed E-state index contributed by atoms with van der Waals surface area (Å²) in [7, 11) is 1.53. The van der Waals surface area contributed by atoms with Gasteiger partial charge < -0.3 is 15.2 Å². The Morgan fingerprint density at radius 1 is 1.56 bits per heavy atom. The third kappa shape index (κ3) is 3.12. The van der Waals surface area contributed by atoms with E-state index < -0.39 is 0 Å². The monoisotopic (exact) mass is 243 g/mol. The number of hydrogen-bond acceptors (Lipinski definition) is 3. The fourth-order valence-corrected chi connectivity index (χ4v) is 1.50. The molecule has 0 heterocycles. The van der Waals surface area contributed by atoms with E-state index in [9.17, 15) is 4.79 Å². The Morgan fingerprint density at radius 2 is 2.25 bits per heavy atom. The van der Waals surface area contributed by atoms with Crippen molar-refractivity contribution in [2.24, 2.45) is 0 Å². The first kappa shape index (κ1) is 12.8. The summed E-state index contributed by atoms with van der Waals surface area (Å²) in [5.41, 5.74) is 1.48. The van der Waals surface area contributed by atoms with Crippen LogP contribution in [0.4, 0.5) is 5.69 Å². The molecule has 0 atom stereocenters. The molecule has 4 nitrogen and oxygen atoms in total. The van der Waals surface area contributed by atoms with Gasteiger partial charge in [0, 0.05) is 5.69 Å². The molecule has 0 aromatic heterocycles. The van der Waals surface area contributed by atoms with Crippen molar-refractivity contribution < 1.29 is 14.6 Å². The number of halogens is 1. The largest absolute Gasteiger partial charge is 0.495 e. The van der Waals surface area contributed by atoms with Gasteiger partial charge in [-0.25, -0.2) is 0 Å². The number of ether oxygens (including phenoxy) is 1. The number of aliphatic hydroxyl groups excluding tert-OH is 1. The summed E-state index contributed by atoms with van der Waals surface area (Å²) in [5, 5.41) is 11.7. The maximum atomic E-state index is 11.3. The van der Waals surface area contributed by atoms with Crippen LogP contribution < -0.4 is 10.1 Å². The quantitative estimate of drug-likeness (QED) is 0.850. The Bertz CT molecular complexity index is 393. The van der Waals surface area contributed by atoms with Crippen molar-refractivity contribution in [3.8, 4) is 5.75 Å². The minimum Gasteiger partial charge on any atom is -0.495 e. The molecule has 0 unspecified atom stereocenters. The first-order valence-electron chi connectivity index (χ1n) is 4.83. The van der Waals surface area contributed by atoms with Crippen LogP contribution in [0, 0.1) is 6.92 Å². The lowest BCUT2D eigenvalue weighted by molar-refractivity contribution is -0.116. The van der Waals surface area contributed by atoms with Crippen molar-refractivity contribution in [3.05, 3.63) is 22.7 Å². The smallest absolute Gasteiger partial charge is 0.226 e. The van der Waals surface area contributed by atoms with Gasteiger partial charge in [0.25, 0.3) is 0 Å². The van der Waals surface area contributed by atoms with Gasteiger partial charge in [0.15, 0.2) is 0 Å². The molecule has 0 spiro atoms. The second kappa shape index (κ2) is 5.72. The minimum absolute atomic E-state index is 0.0725. The molecule has 16 heavy (non-hydrogen) atoms. The summed E-state index contributed by atoms with van der Waals surface area (Å²) in [6, 6.07) is 3.38. The Morgan fingerprint density at radius 3 is 2.81 bits per heavy atom. The van der Waals surface area contributed by atoms with Gasteiger partial charge in [-0.05, 0) is 24.6 Å². The maximum Gasteiger partial charge on any atom is 0.226 e. The van der Waals surface area contributed by atoms with Gasteiger partial charge in [-0.3, -0.25) is 4.79 Å². The van der Waals surface area contributed by atoms with E-state index in [1.807, 2.05) is 6.92 Å². The van der Waals surface area contributed by atoms with Gasteiger partial charge in [0.2, 0.25) is 5.91 Å². The van der Waals surface area contributed by atoms with Crippen molar-refractivity contribution in [3.63, 3.8) is 0 Å². The minimum atomic E-state index is -0.244. The molecule has 0 aliphatic rings. The topological polar surface area (TPSA) is 58.6 Å². The van der Waals surface area contributed by atoms with E-state index in [-0.39, 0.29) is 18.9 Å². The Balaban J connectivity index is 2.89. The summed E-state index contributed by atoms with van der Waals surface area (Å²) in [5.74, 6) is 0.325. The molecule has 0 bridgehead atoms. The van der Waals surface area contributed by atoms with Crippen LogP contribution in [0.25, 0.3) is 0 Å². The first-order chi connectivity index (χ1) is 7.58. The molecule has 5 heteroatoms. The van der Waals surface area contributed by atoms with Crippen molar-refractivity contribution >= 4 is 23.2 Å². The third-order valence-corrected chi connectivity index (χ3v) is 2.41. The summed E-state index contributed by atoms with van der Waals surface area (Å²) in [4.78, 5) is 11.3. The predicted molar refractivity (Wildman–Crippen MR) is 63.1 cm³/mol. The van der Waals surface area contributed by atoms with Crippen molar-refractivity contribution in [2.45, 2.75) is 13.3 Å². The molecule has 1 rings (SSSR count). The first-order valence-corrected chi connectivity index (χ1v) is 5.21. The average Bonchev–Trinajstić information content (AvgIpc) is 2.23. The normalized spacial score (nSPS) is 10.0.